The van der Waals surface area contributed by atoms with E-state index in [1.165, 1.54) is 6.07 Å². The van der Waals surface area contributed by atoms with Crippen LogP contribution in [0.4, 0.5) is 5.69 Å². The van der Waals surface area contributed by atoms with E-state index in [0.717, 1.165) is 0 Å². The molecular formula is C7H6NO2+. The second-order valence-electron chi connectivity index (χ2n) is 1.89. The summed E-state index contributed by atoms with van der Waals surface area (Å²) in [6.07, 6.45) is 0. The lowest BCUT2D eigenvalue weighted by atomic mass is 10.2. The van der Waals surface area contributed by atoms with Crippen molar-refractivity contribution in [2.24, 2.45) is 0 Å². The Labute approximate surface area is 58.4 Å². The average Bonchev–Trinajstić information content (AvgIpc) is 1.88. The highest BCUT2D eigenvalue weighted by molar-refractivity contribution is 5.41. The van der Waals surface area contributed by atoms with Crippen LogP contribution in [0.1, 0.15) is 5.56 Å². The van der Waals surface area contributed by atoms with Gasteiger partial charge in [0.1, 0.15) is 4.92 Å². The Bertz CT molecular complexity index is 258. The fraction of sp³-hybridized carbons (Fsp3) is 0. The summed E-state index contributed by atoms with van der Waals surface area (Å²) in [5.41, 5.74) is 0.523. The number of para-hydroxylation sites is 1. The first-order chi connectivity index (χ1) is 4.72. The molecule has 10 heavy (non-hydrogen) atoms. The summed E-state index contributed by atoms with van der Waals surface area (Å²) in [6, 6.07) is 6.38. The van der Waals surface area contributed by atoms with E-state index in [0.29, 0.717) is 5.56 Å². The van der Waals surface area contributed by atoms with E-state index >= 15 is 0 Å². The van der Waals surface area contributed by atoms with Crippen molar-refractivity contribution in [3.63, 3.8) is 0 Å². The van der Waals surface area contributed by atoms with Gasteiger partial charge in [-0.2, -0.15) is 0 Å². The first kappa shape index (κ1) is 6.61. The van der Waals surface area contributed by atoms with Gasteiger partial charge in [-0.1, -0.05) is 0 Å². The molecule has 0 aliphatic carbocycles. The van der Waals surface area contributed by atoms with E-state index in [-0.39, 0.29) is 5.69 Å². The predicted molar refractivity (Wildman–Crippen MR) is 37.6 cm³/mol. The highest BCUT2D eigenvalue weighted by atomic mass is 16.6. The molecule has 0 aliphatic rings. The van der Waals surface area contributed by atoms with E-state index in [1.54, 1.807) is 18.2 Å². The first-order valence-electron chi connectivity index (χ1n) is 2.77. The molecule has 0 unspecified atom stereocenters. The molecule has 1 rings (SSSR count). The number of nitro benzene ring substituents is 1. The largest absolute Gasteiger partial charge is 0.376 e. The summed E-state index contributed by atoms with van der Waals surface area (Å²) < 4.78 is 0. The van der Waals surface area contributed by atoms with Crippen LogP contribution < -0.4 is 0 Å². The molecule has 0 N–H and O–H groups in total. The maximum atomic E-state index is 10.2. The quantitative estimate of drug-likeness (QED) is 0.335. The molecule has 0 fully saturated rings. The number of rotatable bonds is 1. The second kappa shape index (κ2) is 2.39. The number of nitro groups is 1. The Morgan fingerprint density at radius 2 is 2.00 bits per heavy atom. The lowest BCUT2D eigenvalue weighted by molar-refractivity contribution is -0.385. The molecule has 0 aliphatic heterocycles. The van der Waals surface area contributed by atoms with Gasteiger partial charge in [0.15, 0.2) is 0 Å². The molecule has 0 saturated heterocycles. The van der Waals surface area contributed by atoms with Gasteiger partial charge >= 0.3 is 5.69 Å². The Morgan fingerprint density at radius 1 is 1.40 bits per heavy atom. The van der Waals surface area contributed by atoms with Gasteiger partial charge < -0.3 is 0 Å². The van der Waals surface area contributed by atoms with E-state index in [4.69, 9.17) is 0 Å². The molecule has 1 aromatic rings. The van der Waals surface area contributed by atoms with Crippen LogP contribution in [0.2, 0.25) is 0 Å². The van der Waals surface area contributed by atoms with E-state index in [9.17, 15) is 10.1 Å². The third-order valence-electron chi connectivity index (χ3n) is 1.19. The standard InChI is InChI=1S/C7H6NO2/c1-6-4-2-3-5-7(6)8(9)10/h2-5H,1H2/q+1. The highest BCUT2D eigenvalue weighted by Gasteiger charge is 2.15. The van der Waals surface area contributed by atoms with Gasteiger partial charge in [-0.05, 0) is 12.1 Å². The summed E-state index contributed by atoms with van der Waals surface area (Å²) >= 11 is 0. The van der Waals surface area contributed by atoms with Gasteiger partial charge in [-0.3, -0.25) is 0 Å². The summed E-state index contributed by atoms with van der Waals surface area (Å²) in [4.78, 5) is 9.75. The van der Waals surface area contributed by atoms with Gasteiger partial charge in [0.05, 0.1) is 12.1 Å². The smallest absolute Gasteiger partial charge is 0.246 e. The summed E-state index contributed by atoms with van der Waals surface area (Å²) in [7, 11) is 0. The molecule has 0 radical (unpaired) electrons. The molecule has 50 valence electrons. The molecule has 0 saturated carbocycles. The van der Waals surface area contributed by atoms with Gasteiger partial charge in [0, 0.05) is 6.92 Å². The minimum Gasteiger partial charge on any atom is -0.246 e. The minimum absolute atomic E-state index is 0.0718. The third-order valence-corrected chi connectivity index (χ3v) is 1.19. The zero-order valence-electron chi connectivity index (χ0n) is 5.28. The maximum absolute atomic E-state index is 10.2. The molecule has 0 aromatic heterocycles. The maximum Gasteiger partial charge on any atom is 0.376 e. The minimum atomic E-state index is -0.442. The second-order valence-corrected chi connectivity index (χ2v) is 1.89. The third kappa shape index (κ3) is 1.07. The van der Waals surface area contributed by atoms with Crippen molar-refractivity contribution in [3.8, 4) is 0 Å². The lowest BCUT2D eigenvalue weighted by Gasteiger charge is -1.83. The fourth-order valence-electron chi connectivity index (χ4n) is 0.689. The zero-order valence-corrected chi connectivity index (χ0v) is 5.28. The molecule has 0 bridgehead atoms. The number of hydrogen-bond donors (Lipinski definition) is 0. The molecule has 0 heterocycles. The van der Waals surface area contributed by atoms with Crippen LogP contribution in [0.5, 0.6) is 0 Å². The molecule has 3 heteroatoms. The van der Waals surface area contributed by atoms with E-state index < -0.39 is 4.92 Å². The normalized spacial score (nSPS) is 9.20. The monoisotopic (exact) mass is 136 g/mol. The van der Waals surface area contributed by atoms with Crippen LogP contribution in [0, 0.1) is 17.0 Å². The number of nitrogens with zero attached hydrogens (tertiary/aromatic N) is 1. The van der Waals surface area contributed by atoms with Crippen LogP contribution in [-0.4, -0.2) is 4.92 Å². The Hall–Kier alpha value is -1.51. The van der Waals surface area contributed by atoms with E-state index in [1.807, 2.05) is 0 Å². The summed E-state index contributed by atoms with van der Waals surface area (Å²) in [5.74, 6) is 0. The Kier molecular flexibility index (Phi) is 1.58. The van der Waals surface area contributed by atoms with Crippen molar-refractivity contribution < 1.29 is 4.92 Å². The molecule has 0 atom stereocenters. The molecule has 0 amide bonds. The van der Waals surface area contributed by atoms with Crippen LogP contribution in [-0.2, 0) is 0 Å². The number of hydrogen-bond acceptors (Lipinski definition) is 2. The van der Waals surface area contributed by atoms with Gasteiger partial charge in [-0.15, -0.1) is 0 Å². The molecule has 0 spiro atoms. The average molecular weight is 136 g/mol. The van der Waals surface area contributed by atoms with Gasteiger partial charge in [0.25, 0.3) is 0 Å². The van der Waals surface area contributed by atoms with Crippen LogP contribution in [0.3, 0.4) is 0 Å². The summed E-state index contributed by atoms with van der Waals surface area (Å²) in [5, 5.41) is 10.2. The van der Waals surface area contributed by atoms with Crippen molar-refractivity contribution in [2.75, 3.05) is 0 Å². The SMILES string of the molecule is [CH2+]c1ccccc1[N+](=O)[O-]. The van der Waals surface area contributed by atoms with E-state index in [2.05, 4.69) is 6.92 Å². The number of benzene rings is 1. The van der Waals surface area contributed by atoms with Crippen molar-refractivity contribution in [1.82, 2.24) is 0 Å². The van der Waals surface area contributed by atoms with Crippen LogP contribution in [0.15, 0.2) is 24.3 Å². The summed E-state index contributed by atoms with van der Waals surface area (Å²) in [6.45, 7) is 3.50. The van der Waals surface area contributed by atoms with Crippen molar-refractivity contribution in [1.29, 1.82) is 0 Å². The molecular weight excluding hydrogens is 130 g/mol. The Balaban J connectivity index is 3.15. The first-order valence-corrected chi connectivity index (χ1v) is 2.77. The van der Waals surface area contributed by atoms with Crippen molar-refractivity contribution in [3.05, 3.63) is 46.9 Å². The van der Waals surface area contributed by atoms with Crippen LogP contribution >= 0.6 is 0 Å². The van der Waals surface area contributed by atoms with Crippen LogP contribution in [0.25, 0.3) is 0 Å². The predicted octanol–water partition coefficient (Wildman–Crippen LogP) is 1.78. The van der Waals surface area contributed by atoms with Crippen molar-refractivity contribution in [2.45, 2.75) is 0 Å². The van der Waals surface area contributed by atoms with Crippen molar-refractivity contribution >= 4 is 5.69 Å². The molecule has 3 nitrogen and oxygen atoms in total. The van der Waals surface area contributed by atoms with Gasteiger partial charge in [0.2, 0.25) is 5.56 Å². The van der Waals surface area contributed by atoms with Gasteiger partial charge in [-0.25, -0.2) is 10.1 Å². The topological polar surface area (TPSA) is 43.1 Å². The zero-order chi connectivity index (χ0) is 7.56. The lowest BCUT2D eigenvalue weighted by Crippen LogP contribution is -1.89. The Morgan fingerprint density at radius 3 is 2.40 bits per heavy atom. The fourth-order valence-corrected chi connectivity index (χ4v) is 0.689. The highest BCUT2D eigenvalue weighted by Crippen LogP contribution is 2.14. The molecule has 1 aromatic carbocycles.